The highest BCUT2D eigenvalue weighted by molar-refractivity contribution is 4.91. The smallest absolute Gasteiger partial charge is 0.0684 e. The summed E-state index contributed by atoms with van der Waals surface area (Å²) in [5, 5.41) is 8.80. The maximum Gasteiger partial charge on any atom is 0.0684 e. The molecule has 0 aromatic heterocycles. The Balaban J connectivity index is 2.13. The average Bonchev–Trinajstić information content (AvgIpc) is 2.51. The van der Waals surface area contributed by atoms with Crippen molar-refractivity contribution in [3.8, 4) is 6.07 Å². The van der Waals surface area contributed by atoms with Crippen LogP contribution in [0.15, 0.2) is 0 Å². The molecule has 0 saturated heterocycles. The molecule has 0 heterocycles. The number of hydrogen-bond acceptors (Lipinski definition) is 3. The number of rotatable bonds is 4. The molecule has 0 spiro atoms. The molecule has 0 bridgehead atoms. The van der Waals surface area contributed by atoms with Crippen LogP contribution in [0.1, 0.15) is 39.5 Å². The van der Waals surface area contributed by atoms with E-state index in [0.29, 0.717) is 18.8 Å². The van der Waals surface area contributed by atoms with E-state index in [1.165, 1.54) is 0 Å². The van der Waals surface area contributed by atoms with Crippen molar-refractivity contribution in [3.63, 3.8) is 0 Å². The minimum absolute atomic E-state index is 0.263. The van der Waals surface area contributed by atoms with Gasteiger partial charge in [-0.1, -0.05) is 0 Å². The molecule has 2 N–H and O–H groups in total. The Morgan fingerprint density at radius 2 is 2.21 bits per heavy atom. The van der Waals surface area contributed by atoms with Gasteiger partial charge < -0.3 is 10.5 Å². The molecular formula is C11H20N2O. The van der Waals surface area contributed by atoms with Gasteiger partial charge in [-0.05, 0) is 39.5 Å². The standard InChI is InChI=1S/C11H20N2O/c1-11(2,8-12)5-6-14-10-4-3-9(13)7-10/h9-10H,3-7,13H2,1-2H3. The molecule has 0 amide bonds. The van der Waals surface area contributed by atoms with E-state index in [4.69, 9.17) is 15.7 Å². The molecular weight excluding hydrogens is 176 g/mol. The summed E-state index contributed by atoms with van der Waals surface area (Å²) in [6.45, 7) is 4.56. The maximum absolute atomic E-state index is 8.80. The minimum Gasteiger partial charge on any atom is -0.378 e. The highest BCUT2D eigenvalue weighted by Crippen LogP contribution is 2.23. The van der Waals surface area contributed by atoms with Crippen molar-refractivity contribution >= 4 is 0 Å². The molecule has 14 heavy (non-hydrogen) atoms. The van der Waals surface area contributed by atoms with Crippen molar-refractivity contribution in [2.75, 3.05) is 6.61 Å². The van der Waals surface area contributed by atoms with Crippen LogP contribution in [0, 0.1) is 16.7 Å². The van der Waals surface area contributed by atoms with E-state index in [-0.39, 0.29) is 5.41 Å². The zero-order valence-electron chi connectivity index (χ0n) is 9.12. The first-order valence-corrected chi connectivity index (χ1v) is 5.32. The van der Waals surface area contributed by atoms with Gasteiger partial charge in [0.05, 0.1) is 17.6 Å². The molecule has 80 valence electrons. The van der Waals surface area contributed by atoms with E-state index in [9.17, 15) is 0 Å². The van der Waals surface area contributed by atoms with E-state index >= 15 is 0 Å². The van der Waals surface area contributed by atoms with Crippen molar-refractivity contribution in [2.45, 2.75) is 51.7 Å². The van der Waals surface area contributed by atoms with Crippen LogP contribution in [-0.2, 0) is 4.74 Å². The Labute approximate surface area is 86.2 Å². The van der Waals surface area contributed by atoms with Crippen molar-refractivity contribution in [3.05, 3.63) is 0 Å². The molecule has 1 aliphatic rings. The van der Waals surface area contributed by atoms with Gasteiger partial charge in [0.25, 0.3) is 0 Å². The van der Waals surface area contributed by atoms with E-state index in [2.05, 4.69) is 6.07 Å². The summed E-state index contributed by atoms with van der Waals surface area (Å²) in [6, 6.07) is 2.59. The predicted octanol–water partition coefficient (Wildman–Crippen LogP) is 1.82. The van der Waals surface area contributed by atoms with Crippen molar-refractivity contribution in [1.82, 2.24) is 0 Å². The van der Waals surface area contributed by atoms with Gasteiger partial charge in [0, 0.05) is 12.6 Å². The lowest BCUT2D eigenvalue weighted by Gasteiger charge is -2.17. The lowest BCUT2D eigenvalue weighted by molar-refractivity contribution is 0.0454. The van der Waals surface area contributed by atoms with Crippen LogP contribution in [0.5, 0.6) is 0 Å². The van der Waals surface area contributed by atoms with Crippen LogP contribution >= 0.6 is 0 Å². The first-order valence-electron chi connectivity index (χ1n) is 5.32. The highest BCUT2D eigenvalue weighted by atomic mass is 16.5. The fourth-order valence-corrected chi connectivity index (χ4v) is 1.66. The van der Waals surface area contributed by atoms with Gasteiger partial charge in [-0.15, -0.1) is 0 Å². The quantitative estimate of drug-likeness (QED) is 0.746. The summed E-state index contributed by atoms with van der Waals surface area (Å²) in [7, 11) is 0. The molecule has 0 radical (unpaired) electrons. The second-order valence-corrected chi connectivity index (χ2v) is 4.81. The Morgan fingerprint density at radius 3 is 2.71 bits per heavy atom. The predicted molar refractivity (Wildman–Crippen MR) is 55.6 cm³/mol. The third kappa shape index (κ3) is 3.65. The van der Waals surface area contributed by atoms with Gasteiger partial charge in [-0.2, -0.15) is 5.26 Å². The van der Waals surface area contributed by atoms with Gasteiger partial charge in [-0.3, -0.25) is 0 Å². The number of nitrogens with zero attached hydrogens (tertiary/aromatic N) is 1. The summed E-state index contributed by atoms with van der Waals surface area (Å²) < 4.78 is 5.68. The van der Waals surface area contributed by atoms with Crippen LogP contribution in [0.2, 0.25) is 0 Å². The molecule has 3 nitrogen and oxygen atoms in total. The minimum atomic E-state index is -0.263. The molecule has 3 heteroatoms. The van der Waals surface area contributed by atoms with Crippen LogP contribution in [0.4, 0.5) is 0 Å². The Morgan fingerprint density at radius 1 is 1.50 bits per heavy atom. The van der Waals surface area contributed by atoms with Gasteiger partial charge in [0.15, 0.2) is 0 Å². The normalized spacial score (nSPS) is 27.6. The van der Waals surface area contributed by atoms with Crippen LogP contribution in [0.3, 0.4) is 0 Å². The summed E-state index contributed by atoms with van der Waals surface area (Å²) >= 11 is 0. The molecule has 1 saturated carbocycles. The van der Waals surface area contributed by atoms with Crippen LogP contribution in [0.25, 0.3) is 0 Å². The van der Waals surface area contributed by atoms with Crippen LogP contribution < -0.4 is 5.73 Å². The van der Waals surface area contributed by atoms with Crippen molar-refractivity contribution < 1.29 is 4.74 Å². The van der Waals surface area contributed by atoms with E-state index in [0.717, 1.165) is 25.7 Å². The Bertz CT molecular complexity index is 220. The Hall–Kier alpha value is -0.590. The molecule has 2 unspecified atom stereocenters. The van der Waals surface area contributed by atoms with Gasteiger partial charge in [-0.25, -0.2) is 0 Å². The SMILES string of the molecule is CC(C)(C#N)CCOC1CCC(N)C1. The summed E-state index contributed by atoms with van der Waals surface area (Å²) in [4.78, 5) is 0. The number of hydrogen-bond donors (Lipinski definition) is 1. The van der Waals surface area contributed by atoms with Crippen LogP contribution in [-0.4, -0.2) is 18.8 Å². The monoisotopic (exact) mass is 196 g/mol. The van der Waals surface area contributed by atoms with Crippen molar-refractivity contribution in [2.24, 2.45) is 11.1 Å². The third-order valence-electron chi connectivity index (χ3n) is 2.81. The van der Waals surface area contributed by atoms with E-state index < -0.39 is 0 Å². The number of ether oxygens (including phenoxy) is 1. The average molecular weight is 196 g/mol. The molecule has 1 fully saturated rings. The molecule has 2 atom stereocenters. The Kier molecular flexibility index (Phi) is 3.91. The van der Waals surface area contributed by atoms with E-state index in [1.807, 2.05) is 13.8 Å². The van der Waals surface area contributed by atoms with Gasteiger partial charge in [0.1, 0.15) is 0 Å². The molecule has 1 rings (SSSR count). The molecule has 0 aromatic rings. The second kappa shape index (κ2) is 4.77. The summed E-state index contributed by atoms with van der Waals surface area (Å²) in [6.07, 6.45) is 4.27. The van der Waals surface area contributed by atoms with Gasteiger partial charge >= 0.3 is 0 Å². The van der Waals surface area contributed by atoms with E-state index in [1.54, 1.807) is 0 Å². The topological polar surface area (TPSA) is 59.0 Å². The van der Waals surface area contributed by atoms with Crippen molar-refractivity contribution in [1.29, 1.82) is 5.26 Å². The zero-order chi connectivity index (χ0) is 10.6. The number of nitrogens with two attached hydrogens (primary N) is 1. The summed E-state index contributed by atoms with van der Waals surface area (Å²) in [5.74, 6) is 0. The lowest BCUT2D eigenvalue weighted by Crippen LogP contribution is -2.19. The fraction of sp³-hybridized carbons (Fsp3) is 0.909. The second-order valence-electron chi connectivity index (χ2n) is 4.81. The lowest BCUT2D eigenvalue weighted by atomic mass is 9.92. The molecule has 0 aliphatic heterocycles. The molecule has 0 aromatic carbocycles. The highest BCUT2D eigenvalue weighted by Gasteiger charge is 2.23. The summed E-state index contributed by atoms with van der Waals surface area (Å²) in [5.41, 5.74) is 5.51. The zero-order valence-corrected chi connectivity index (χ0v) is 9.12. The first kappa shape index (κ1) is 11.5. The number of nitriles is 1. The third-order valence-corrected chi connectivity index (χ3v) is 2.81. The maximum atomic E-state index is 8.80. The first-order chi connectivity index (χ1) is 6.53. The largest absolute Gasteiger partial charge is 0.378 e. The van der Waals surface area contributed by atoms with Gasteiger partial charge in [0.2, 0.25) is 0 Å². The fourth-order valence-electron chi connectivity index (χ4n) is 1.66. The molecule has 1 aliphatic carbocycles.